The van der Waals surface area contributed by atoms with Crippen LogP contribution in [-0.2, 0) is 9.53 Å². The lowest BCUT2D eigenvalue weighted by atomic mass is 9.95. The number of fused-ring (bicyclic) bond motifs is 1. The summed E-state index contributed by atoms with van der Waals surface area (Å²) < 4.78 is 4.91. The van der Waals surface area contributed by atoms with Gasteiger partial charge in [-0.15, -0.1) is 0 Å². The molecule has 0 radical (unpaired) electrons. The van der Waals surface area contributed by atoms with Gasteiger partial charge < -0.3 is 10.1 Å². The highest BCUT2D eigenvalue weighted by molar-refractivity contribution is 5.75. The Kier molecular flexibility index (Phi) is 4.15. The minimum Gasteiger partial charge on any atom is -0.466 e. The molecular formula is C14H19NO2. The second-order valence-corrected chi connectivity index (χ2v) is 4.35. The normalized spacial score (nSPS) is 16.8. The van der Waals surface area contributed by atoms with Crippen molar-refractivity contribution in [2.45, 2.75) is 19.8 Å². The quantitative estimate of drug-likeness (QED) is 0.808. The largest absolute Gasteiger partial charge is 0.466 e. The van der Waals surface area contributed by atoms with Crippen LogP contribution >= 0.6 is 0 Å². The predicted molar refractivity (Wildman–Crippen MR) is 67.7 cm³/mol. The first kappa shape index (κ1) is 12.1. The summed E-state index contributed by atoms with van der Waals surface area (Å²) in [5.41, 5.74) is 2.85. The van der Waals surface area contributed by atoms with E-state index in [-0.39, 0.29) is 11.9 Å². The third-order valence-electron chi connectivity index (χ3n) is 3.18. The Morgan fingerprint density at radius 1 is 1.24 bits per heavy atom. The fourth-order valence-electron chi connectivity index (χ4n) is 1.98. The van der Waals surface area contributed by atoms with Gasteiger partial charge >= 0.3 is 5.97 Å². The monoisotopic (exact) mass is 233 g/mol. The minimum absolute atomic E-state index is 0.0194. The molecule has 0 aromatic rings. The smallest absolute Gasteiger partial charge is 0.309 e. The van der Waals surface area contributed by atoms with Crippen LogP contribution in [0.2, 0.25) is 0 Å². The Morgan fingerprint density at radius 2 is 1.76 bits per heavy atom. The van der Waals surface area contributed by atoms with Gasteiger partial charge in [0.1, 0.15) is 0 Å². The van der Waals surface area contributed by atoms with Crippen LogP contribution < -0.4 is 5.32 Å². The molecule has 0 unspecified atom stereocenters. The van der Waals surface area contributed by atoms with E-state index in [0.29, 0.717) is 6.61 Å². The summed E-state index contributed by atoms with van der Waals surface area (Å²) in [5.74, 6) is 0.130. The van der Waals surface area contributed by atoms with Crippen molar-refractivity contribution < 1.29 is 9.53 Å². The van der Waals surface area contributed by atoms with Gasteiger partial charge in [-0.05, 0) is 44.0 Å². The van der Waals surface area contributed by atoms with Crippen molar-refractivity contribution in [3.63, 3.8) is 0 Å². The summed E-state index contributed by atoms with van der Waals surface area (Å²) in [4.78, 5) is 11.1. The topological polar surface area (TPSA) is 38.3 Å². The zero-order chi connectivity index (χ0) is 12.1. The van der Waals surface area contributed by atoms with Crippen LogP contribution in [0.15, 0.2) is 24.3 Å². The van der Waals surface area contributed by atoms with E-state index in [1.807, 2.05) is 6.92 Å². The summed E-state index contributed by atoms with van der Waals surface area (Å²) in [7, 11) is 0. The molecule has 1 saturated heterocycles. The van der Waals surface area contributed by atoms with Crippen molar-refractivity contribution >= 4 is 5.97 Å². The Balaban J connectivity index is 0.000000148. The molecule has 1 aliphatic heterocycles. The molecule has 0 aromatic carbocycles. The lowest BCUT2D eigenvalue weighted by Crippen LogP contribution is -2.32. The molecule has 0 saturated carbocycles. The molecule has 3 rings (SSSR count). The van der Waals surface area contributed by atoms with Crippen LogP contribution in [0.25, 0.3) is 11.1 Å². The van der Waals surface area contributed by atoms with Crippen molar-refractivity contribution in [1.82, 2.24) is 5.32 Å². The van der Waals surface area contributed by atoms with Crippen molar-refractivity contribution in [3.8, 4) is 11.1 Å². The zero-order valence-corrected chi connectivity index (χ0v) is 10.2. The number of carbonyl (C=O) groups excluding carboxylic acids is 1. The molecule has 0 aromatic heterocycles. The van der Waals surface area contributed by atoms with E-state index >= 15 is 0 Å². The van der Waals surface area contributed by atoms with Crippen LogP contribution in [0.1, 0.15) is 19.8 Å². The maximum atomic E-state index is 11.1. The molecule has 3 aliphatic rings. The first-order valence-electron chi connectivity index (χ1n) is 6.29. The fourth-order valence-corrected chi connectivity index (χ4v) is 1.98. The summed E-state index contributed by atoms with van der Waals surface area (Å²) in [6.45, 7) is 4.24. The van der Waals surface area contributed by atoms with Crippen LogP contribution in [0.5, 0.6) is 0 Å². The van der Waals surface area contributed by atoms with Crippen molar-refractivity contribution in [2.75, 3.05) is 19.7 Å². The predicted octanol–water partition coefficient (Wildman–Crippen LogP) is 2.22. The fraction of sp³-hybridized carbons (Fsp3) is 0.500. The zero-order valence-electron chi connectivity index (χ0n) is 10.2. The number of ether oxygens (including phenoxy) is 1. The van der Waals surface area contributed by atoms with E-state index in [2.05, 4.69) is 29.6 Å². The molecule has 1 N–H and O–H groups in total. The molecule has 92 valence electrons. The van der Waals surface area contributed by atoms with E-state index in [4.69, 9.17) is 4.74 Å². The highest BCUT2D eigenvalue weighted by atomic mass is 16.5. The lowest BCUT2D eigenvalue weighted by Gasteiger charge is -2.20. The first-order valence-corrected chi connectivity index (χ1v) is 6.29. The number of hydrogen-bond acceptors (Lipinski definition) is 3. The van der Waals surface area contributed by atoms with Crippen molar-refractivity contribution in [2.24, 2.45) is 5.92 Å². The SMILES string of the molecule is CCOC(=O)C1CCNCC1.c1cc2ccc1-2. The van der Waals surface area contributed by atoms with Gasteiger partial charge in [-0.3, -0.25) is 4.79 Å². The van der Waals surface area contributed by atoms with Crippen molar-refractivity contribution in [1.29, 1.82) is 0 Å². The highest BCUT2D eigenvalue weighted by Crippen LogP contribution is 2.29. The number of esters is 1. The number of hydrogen-bond donors (Lipinski definition) is 1. The van der Waals surface area contributed by atoms with Gasteiger partial charge in [0.15, 0.2) is 0 Å². The summed E-state index contributed by atoms with van der Waals surface area (Å²) in [6.07, 6.45) is 1.86. The second kappa shape index (κ2) is 5.82. The lowest BCUT2D eigenvalue weighted by molar-refractivity contribution is -0.148. The molecule has 1 heterocycles. The molecule has 17 heavy (non-hydrogen) atoms. The van der Waals surface area contributed by atoms with E-state index in [0.717, 1.165) is 25.9 Å². The Bertz CT molecular complexity index is 345. The first-order chi connectivity index (χ1) is 8.31. The van der Waals surface area contributed by atoms with Gasteiger partial charge in [0.05, 0.1) is 12.5 Å². The van der Waals surface area contributed by atoms with E-state index in [9.17, 15) is 4.79 Å². The Morgan fingerprint density at radius 3 is 2.12 bits per heavy atom. The standard InChI is InChI=1S/C8H15NO2.C6H4/c1-2-11-8(10)7-3-5-9-6-4-7;1-2-6-4-3-5(1)6/h7,9H,2-6H2,1H3;1-4H. The minimum atomic E-state index is -0.0194. The number of nitrogens with one attached hydrogen (secondary N) is 1. The highest BCUT2D eigenvalue weighted by Gasteiger charge is 2.21. The van der Waals surface area contributed by atoms with E-state index in [1.54, 1.807) is 0 Å². The van der Waals surface area contributed by atoms with Gasteiger partial charge in [-0.25, -0.2) is 0 Å². The average Bonchev–Trinajstić information content (AvgIpc) is 2.36. The second-order valence-electron chi connectivity index (χ2n) is 4.35. The number of carbonyl (C=O) groups is 1. The third kappa shape index (κ3) is 3.07. The van der Waals surface area contributed by atoms with Crippen LogP contribution in [0.3, 0.4) is 0 Å². The molecule has 0 atom stereocenters. The van der Waals surface area contributed by atoms with Gasteiger partial charge in [0, 0.05) is 0 Å². The summed E-state index contributed by atoms with van der Waals surface area (Å²) >= 11 is 0. The molecule has 0 bridgehead atoms. The average molecular weight is 233 g/mol. The maximum Gasteiger partial charge on any atom is 0.309 e. The van der Waals surface area contributed by atoms with Crippen LogP contribution in [0, 0.1) is 5.92 Å². The molecule has 3 heteroatoms. The number of benzene rings is 1. The molecule has 1 fully saturated rings. The summed E-state index contributed by atoms with van der Waals surface area (Å²) in [5, 5.41) is 3.20. The van der Waals surface area contributed by atoms with Crippen LogP contribution in [0.4, 0.5) is 0 Å². The third-order valence-corrected chi connectivity index (χ3v) is 3.18. The maximum absolute atomic E-state index is 11.1. The number of rotatable bonds is 2. The van der Waals surface area contributed by atoms with Crippen LogP contribution in [-0.4, -0.2) is 25.7 Å². The van der Waals surface area contributed by atoms with Gasteiger partial charge in [-0.2, -0.15) is 0 Å². The Hall–Kier alpha value is -1.35. The van der Waals surface area contributed by atoms with Gasteiger partial charge in [0.25, 0.3) is 0 Å². The number of piperidine rings is 1. The van der Waals surface area contributed by atoms with E-state index in [1.165, 1.54) is 11.1 Å². The molecule has 2 aliphatic carbocycles. The molecule has 0 amide bonds. The molecular weight excluding hydrogens is 214 g/mol. The van der Waals surface area contributed by atoms with Gasteiger partial charge in [-0.1, -0.05) is 24.3 Å². The van der Waals surface area contributed by atoms with Crippen molar-refractivity contribution in [3.05, 3.63) is 24.3 Å². The molecule has 0 spiro atoms. The van der Waals surface area contributed by atoms with Gasteiger partial charge in [0.2, 0.25) is 0 Å². The molecule has 3 nitrogen and oxygen atoms in total. The Labute approximate surface area is 102 Å². The summed E-state index contributed by atoms with van der Waals surface area (Å²) in [6, 6.07) is 8.48. The van der Waals surface area contributed by atoms with E-state index < -0.39 is 0 Å².